The van der Waals surface area contributed by atoms with Crippen LogP contribution in [-0.4, -0.2) is 23.0 Å². The average molecular weight is 303 g/mol. The summed E-state index contributed by atoms with van der Waals surface area (Å²) in [6.45, 7) is 11.4. The number of aryl methyl sites for hydroxylation is 1. The Labute approximate surface area is 132 Å². The number of rotatable bonds is 8. The van der Waals surface area contributed by atoms with E-state index in [1.807, 2.05) is 6.92 Å². The molecule has 0 amide bonds. The van der Waals surface area contributed by atoms with Crippen molar-refractivity contribution in [3.8, 4) is 0 Å². The summed E-state index contributed by atoms with van der Waals surface area (Å²) in [6.07, 6.45) is 0. The first-order valence-corrected chi connectivity index (χ1v) is 8.51. The Bertz CT molecular complexity index is 529. The van der Waals surface area contributed by atoms with Gasteiger partial charge in [-0.2, -0.15) is 0 Å². The third kappa shape index (κ3) is 5.23. The van der Waals surface area contributed by atoms with Crippen LogP contribution < -0.4 is 5.32 Å². The minimum Gasteiger partial charge on any atom is -0.306 e. The van der Waals surface area contributed by atoms with Gasteiger partial charge >= 0.3 is 0 Å². The molecule has 1 heterocycles. The van der Waals surface area contributed by atoms with Crippen LogP contribution in [0.2, 0.25) is 0 Å². The average Bonchev–Trinajstić information content (AvgIpc) is 2.92. The summed E-state index contributed by atoms with van der Waals surface area (Å²) in [5.74, 6) is 0. The van der Waals surface area contributed by atoms with E-state index in [4.69, 9.17) is 0 Å². The van der Waals surface area contributed by atoms with Gasteiger partial charge in [-0.1, -0.05) is 38.1 Å². The van der Waals surface area contributed by atoms with Gasteiger partial charge in [0, 0.05) is 30.7 Å². The van der Waals surface area contributed by atoms with Gasteiger partial charge in [-0.15, -0.1) is 11.3 Å². The second-order valence-corrected chi connectivity index (χ2v) is 6.21. The molecule has 114 valence electrons. The van der Waals surface area contributed by atoms with E-state index in [1.165, 1.54) is 11.1 Å². The molecule has 0 aliphatic heterocycles. The summed E-state index contributed by atoms with van der Waals surface area (Å²) < 4.78 is 0. The Morgan fingerprint density at radius 3 is 2.29 bits per heavy atom. The molecule has 0 saturated heterocycles. The third-order valence-corrected chi connectivity index (χ3v) is 4.56. The fourth-order valence-electron chi connectivity index (χ4n) is 2.27. The highest BCUT2D eigenvalue weighted by Gasteiger charge is 2.02. The van der Waals surface area contributed by atoms with E-state index in [0.717, 1.165) is 43.4 Å². The highest BCUT2D eigenvalue weighted by Crippen LogP contribution is 2.10. The molecule has 3 nitrogen and oxygen atoms in total. The largest absolute Gasteiger partial charge is 0.306 e. The highest BCUT2D eigenvalue weighted by atomic mass is 32.1. The Hall–Kier alpha value is -1.23. The predicted octanol–water partition coefficient (Wildman–Crippen LogP) is 3.58. The van der Waals surface area contributed by atoms with Crippen molar-refractivity contribution >= 4 is 11.3 Å². The van der Waals surface area contributed by atoms with E-state index in [0.29, 0.717) is 0 Å². The molecule has 0 aliphatic rings. The molecule has 0 radical (unpaired) electrons. The predicted molar refractivity (Wildman–Crippen MR) is 90.5 cm³/mol. The van der Waals surface area contributed by atoms with Gasteiger partial charge in [0.1, 0.15) is 5.01 Å². The zero-order valence-corrected chi connectivity index (χ0v) is 14.0. The second-order valence-electron chi connectivity index (χ2n) is 5.26. The van der Waals surface area contributed by atoms with Crippen LogP contribution in [0, 0.1) is 6.92 Å². The number of nitrogens with zero attached hydrogens (tertiary/aromatic N) is 2. The van der Waals surface area contributed by atoms with Crippen molar-refractivity contribution in [2.24, 2.45) is 0 Å². The number of aromatic nitrogens is 1. The topological polar surface area (TPSA) is 28.2 Å². The normalized spacial score (nSPS) is 11.2. The highest BCUT2D eigenvalue weighted by molar-refractivity contribution is 7.09. The second kappa shape index (κ2) is 8.27. The van der Waals surface area contributed by atoms with Crippen LogP contribution in [0.15, 0.2) is 29.6 Å². The molecule has 0 atom stereocenters. The maximum absolute atomic E-state index is 4.46. The number of nitrogens with one attached hydrogen (secondary N) is 1. The van der Waals surface area contributed by atoms with Crippen LogP contribution in [0.4, 0.5) is 0 Å². The van der Waals surface area contributed by atoms with Gasteiger partial charge in [-0.25, -0.2) is 4.98 Å². The minimum absolute atomic E-state index is 0.847. The molecule has 2 aromatic rings. The Kier molecular flexibility index (Phi) is 6.36. The van der Waals surface area contributed by atoms with Gasteiger partial charge in [0.15, 0.2) is 0 Å². The smallest absolute Gasteiger partial charge is 0.107 e. The first kappa shape index (κ1) is 16.1. The van der Waals surface area contributed by atoms with E-state index < -0.39 is 0 Å². The lowest BCUT2D eigenvalue weighted by Gasteiger charge is -2.18. The molecule has 1 aromatic carbocycles. The molecule has 4 heteroatoms. The standard InChI is InChI=1S/C17H25N3S/c1-4-20(5-2)12-16-8-6-15(7-9-16)10-18-11-17-19-14(3)13-21-17/h6-9,13,18H,4-5,10-12H2,1-3H3. The van der Waals surface area contributed by atoms with Crippen LogP contribution in [0.5, 0.6) is 0 Å². The molecule has 0 aliphatic carbocycles. The van der Waals surface area contributed by atoms with Crippen LogP contribution in [0.3, 0.4) is 0 Å². The Morgan fingerprint density at radius 2 is 1.71 bits per heavy atom. The molecule has 0 fully saturated rings. The zero-order chi connectivity index (χ0) is 15.1. The Morgan fingerprint density at radius 1 is 1.05 bits per heavy atom. The molecule has 0 unspecified atom stereocenters. The van der Waals surface area contributed by atoms with Gasteiger partial charge in [0.25, 0.3) is 0 Å². The molecule has 0 bridgehead atoms. The molecule has 1 N–H and O–H groups in total. The van der Waals surface area contributed by atoms with E-state index in [9.17, 15) is 0 Å². The number of hydrogen-bond donors (Lipinski definition) is 1. The summed E-state index contributed by atoms with van der Waals surface area (Å²) in [7, 11) is 0. The van der Waals surface area contributed by atoms with Crippen molar-refractivity contribution in [2.45, 2.75) is 40.4 Å². The lowest BCUT2D eigenvalue weighted by Crippen LogP contribution is -2.22. The molecule has 1 aromatic heterocycles. The number of hydrogen-bond acceptors (Lipinski definition) is 4. The maximum atomic E-state index is 4.46. The quantitative estimate of drug-likeness (QED) is 0.808. The first-order valence-electron chi connectivity index (χ1n) is 7.63. The van der Waals surface area contributed by atoms with Crippen LogP contribution in [0.1, 0.15) is 35.7 Å². The van der Waals surface area contributed by atoms with E-state index in [2.05, 4.69) is 58.7 Å². The summed E-state index contributed by atoms with van der Waals surface area (Å²) >= 11 is 1.72. The summed E-state index contributed by atoms with van der Waals surface area (Å²) in [6, 6.07) is 8.92. The van der Waals surface area contributed by atoms with Gasteiger partial charge in [-0.3, -0.25) is 4.90 Å². The zero-order valence-electron chi connectivity index (χ0n) is 13.2. The summed E-state index contributed by atoms with van der Waals surface area (Å²) in [5, 5.41) is 6.71. The molecule has 2 rings (SSSR count). The lowest BCUT2D eigenvalue weighted by molar-refractivity contribution is 0.296. The van der Waals surface area contributed by atoms with E-state index in [1.54, 1.807) is 11.3 Å². The van der Waals surface area contributed by atoms with Crippen molar-refractivity contribution in [1.29, 1.82) is 0 Å². The first-order chi connectivity index (χ1) is 10.2. The van der Waals surface area contributed by atoms with Crippen molar-refractivity contribution in [3.63, 3.8) is 0 Å². The fraction of sp³-hybridized carbons (Fsp3) is 0.471. The van der Waals surface area contributed by atoms with Crippen molar-refractivity contribution < 1.29 is 0 Å². The lowest BCUT2D eigenvalue weighted by atomic mass is 10.1. The van der Waals surface area contributed by atoms with Crippen molar-refractivity contribution in [2.75, 3.05) is 13.1 Å². The SMILES string of the molecule is CCN(CC)Cc1ccc(CNCc2nc(C)cs2)cc1. The molecular weight excluding hydrogens is 278 g/mol. The van der Waals surface area contributed by atoms with Crippen molar-refractivity contribution in [3.05, 3.63) is 51.5 Å². The summed E-state index contributed by atoms with van der Waals surface area (Å²) in [4.78, 5) is 6.89. The molecular formula is C17H25N3S. The van der Waals surface area contributed by atoms with Gasteiger partial charge in [0.05, 0.1) is 0 Å². The Balaban J connectivity index is 1.79. The number of benzene rings is 1. The molecule has 21 heavy (non-hydrogen) atoms. The molecule has 0 saturated carbocycles. The fourth-order valence-corrected chi connectivity index (χ4v) is 3.01. The third-order valence-electron chi connectivity index (χ3n) is 3.60. The van der Waals surface area contributed by atoms with Gasteiger partial charge in [-0.05, 0) is 31.1 Å². The maximum Gasteiger partial charge on any atom is 0.107 e. The van der Waals surface area contributed by atoms with E-state index in [-0.39, 0.29) is 0 Å². The van der Waals surface area contributed by atoms with Crippen LogP contribution >= 0.6 is 11.3 Å². The van der Waals surface area contributed by atoms with Crippen molar-refractivity contribution in [1.82, 2.24) is 15.2 Å². The monoisotopic (exact) mass is 303 g/mol. The number of thiazole rings is 1. The van der Waals surface area contributed by atoms with Gasteiger partial charge < -0.3 is 5.32 Å². The van der Waals surface area contributed by atoms with Crippen LogP contribution in [-0.2, 0) is 19.6 Å². The van der Waals surface area contributed by atoms with Gasteiger partial charge in [0.2, 0.25) is 0 Å². The molecule has 0 spiro atoms. The van der Waals surface area contributed by atoms with Crippen LogP contribution in [0.25, 0.3) is 0 Å². The van der Waals surface area contributed by atoms with E-state index >= 15 is 0 Å². The summed E-state index contributed by atoms with van der Waals surface area (Å²) in [5.41, 5.74) is 3.82. The minimum atomic E-state index is 0.847.